The van der Waals surface area contributed by atoms with Crippen molar-refractivity contribution in [1.82, 2.24) is 20.4 Å². The molecule has 1 saturated heterocycles. The van der Waals surface area contributed by atoms with Gasteiger partial charge in [-0.2, -0.15) is 0 Å². The fourth-order valence-corrected chi connectivity index (χ4v) is 8.35. The van der Waals surface area contributed by atoms with Crippen LogP contribution in [0.25, 0.3) is 0 Å². The largest absolute Gasteiger partial charge is 0.448 e. The standard InChI is InChI=1S/C31H32N4O6S3/c1-18(42-30-34-33-19(2)43-30)16-22-17-44(39)27-23(32-29(38)41-31(3,4)5)26(36)35(27)24(22)28(37)40-25(20-12-8-6-9-13-20)21-14-10-7-11-15-21/h6-16,23,25,27H,17H2,1-5H3,(H,32,38). The van der Waals surface area contributed by atoms with Crippen LogP contribution < -0.4 is 5.32 Å². The first-order chi connectivity index (χ1) is 20.9. The average molecular weight is 653 g/mol. The summed E-state index contributed by atoms with van der Waals surface area (Å²) in [6, 6.07) is 17.5. The van der Waals surface area contributed by atoms with E-state index in [2.05, 4.69) is 15.5 Å². The van der Waals surface area contributed by atoms with Crippen LogP contribution in [0.2, 0.25) is 0 Å². The summed E-state index contributed by atoms with van der Waals surface area (Å²) in [4.78, 5) is 42.1. The summed E-state index contributed by atoms with van der Waals surface area (Å²) in [7, 11) is -1.64. The molecule has 3 heterocycles. The molecule has 3 unspecified atom stereocenters. The van der Waals surface area contributed by atoms with E-state index in [0.29, 0.717) is 9.91 Å². The van der Waals surface area contributed by atoms with E-state index in [4.69, 9.17) is 9.47 Å². The number of thioether (sulfide) groups is 1. The van der Waals surface area contributed by atoms with Gasteiger partial charge in [-0.3, -0.25) is 13.9 Å². The molecule has 3 aromatic rings. The first-order valence-corrected chi connectivity index (χ1v) is 16.8. The van der Waals surface area contributed by atoms with E-state index in [1.165, 1.54) is 28.0 Å². The summed E-state index contributed by atoms with van der Waals surface area (Å²) in [5.74, 6) is -1.35. The number of aryl methyl sites for hydroxylation is 1. The highest BCUT2D eigenvalue weighted by Gasteiger charge is 2.57. The summed E-state index contributed by atoms with van der Waals surface area (Å²) < 4.78 is 25.7. The molecule has 1 N–H and O–H groups in total. The molecule has 0 bridgehead atoms. The first kappa shape index (κ1) is 31.6. The van der Waals surface area contributed by atoms with E-state index in [1.54, 1.807) is 26.8 Å². The van der Waals surface area contributed by atoms with E-state index >= 15 is 0 Å². The van der Waals surface area contributed by atoms with Crippen LogP contribution in [0.1, 0.15) is 49.9 Å². The van der Waals surface area contributed by atoms with E-state index in [0.717, 1.165) is 21.0 Å². The molecule has 0 saturated carbocycles. The molecular weight excluding hydrogens is 621 g/mol. The minimum Gasteiger partial charge on any atom is -0.448 e. The number of esters is 1. The fraction of sp³-hybridized carbons (Fsp3) is 0.323. The van der Waals surface area contributed by atoms with Crippen LogP contribution in [-0.4, -0.2) is 60.0 Å². The topological polar surface area (TPSA) is 128 Å². The average Bonchev–Trinajstić information content (AvgIpc) is 3.38. The third-order valence-electron chi connectivity index (χ3n) is 6.58. The highest BCUT2D eigenvalue weighted by Crippen LogP contribution is 2.39. The van der Waals surface area contributed by atoms with Crippen LogP contribution in [-0.2, 0) is 29.9 Å². The minimum atomic E-state index is -1.64. The number of benzene rings is 2. The van der Waals surface area contributed by atoms with Crippen molar-refractivity contribution in [1.29, 1.82) is 0 Å². The lowest BCUT2D eigenvalue weighted by Gasteiger charge is -2.49. The number of alkyl carbamates (subject to hydrolysis) is 1. The van der Waals surface area contributed by atoms with Gasteiger partial charge in [0.05, 0.1) is 16.6 Å². The van der Waals surface area contributed by atoms with Gasteiger partial charge in [0.15, 0.2) is 10.4 Å². The van der Waals surface area contributed by atoms with Crippen LogP contribution in [0, 0.1) is 6.92 Å². The van der Waals surface area contributed by atoms with Gasteiger partial charge in [-0.25, -0.2) is 9.59 Å². The maximum Gasteiger partial charge on any atom is 0.408 e. The predicted molar refractivity (Wildman–Crippen MR) is 169 cm³/mol. The molecular formula is C31H32N4O6S3. The smallest absolute Gasteiger partial charge is 0.408 e. The van der Waals surface area contributed by atoms with E-state index in [9.17, 15) is 18.6 Å². The lowest BCUT2D eigenvalue weighted by atomic mass is 10.0. The van der Waals surface area contributed by atoms with Crippen molar-refractivity contribution in [3.05, 3.63) is 99.0 Å². The number of allylic oxidation sites excluding steroid dienone is 2. The molecule has 1 fully saturated rings. The molecule has 0 radical (unpaired) electrons. The molecule has 0 aliphatic carbocycles. The van der Waals surface area contributed by atoms with Crippen LogP contribution in [0.3, 0.4) is 0 Å². The van der Waals surface area contributed by atoms with Crippen molar-refractivity contribution in [2.45, 2.75) is 62.1 Å². The highest BCUT2D eigenvalue weighted by atomic mass is 32.2. The molecule has 230 valence electrons. The van der Waals surface area contributed by atoms with Crippen molar-refractivity contribution in [3.63, 3.8) is 0 Å². The second-order valence-corrected chi connectivity index (χ2v) is 15.4. The summed E-state index contributed by atoms with van der Waals surface area (Å²) in [5.41, 5.74) is 1.09. The Morgan fingerprint density at radius 3 is 2.25 bits per heavy atom. The number of rotatable bonds is 8. The molecule has 3 atom stereocenters. The van der Waals surface area contributed by atoms with Gasteiger partial charge in [0.2, 0.25) is 0 Å². The summed E-state index contributed by atoms with van der Waals surface area (Å²) >= 11 is 2.79. The Hall–Kier alpha value is -3.81. The van der Waals surface area contributed by atoms with Gasteiger partial charge < -0.3 is 14.8 Å². The molecule has 2 aliphatic heterocycles. The zero-order valence-corrected chi connectivity index (χ0v) is 27.3. The molecule has 13 heteroatoms. The summed E-state index contributed by atoms with van der Waals surface area (Å²) in [5, 5.41) is 10.6. The predicted octanol–water partition coefficient (Wildman–Crippen LogP) is 5.25. The number of hydrogen-bond acceptors (Lipinski definition) is 10. The van der Waals surface area contributed by atoms with E-state index < -0.39 is 51.9 Å². The lowest BCUT2D eigenvalue weighted by Crippen LogP contribution is -2.73. The third kappa shape index (κ3) is 7.11. The Balaban J connectivity index is 1.51. The molecule has 10 nitrogen and oxygen atoms in total. The molecule has 2 amide bonds. The maximum absolute atomic E-state index is 14.1. The number of ether oxygens (including phenoxy) is 2. The zero-order chi connectivity index (χ0) is 31.6. The Kier molecular flexibility index (Phi) is 9.37. The zero-order valence-electron chi connectivity index (χ0n) is 24.8. The van der Waals surface area contributed by atoms with Crippen molar-refractivity contribution in [2.24, 2.45) is 0 Å². The van der Waals surface area contributed by atoms with Gasteiger partial charge >= 0.3 is 12.1 Å². The van der Waals surface area contributed by atoms with Crippen LogP contribution in [0.5, 0.6) is 0 Å². The number of hydrogen-bond donors (Lipinski definition) is 1. The van der Waals surface area contributed by atoms with Crippen molar-refractivity contribution < 1.29 is 28.1 Å². The van der Waals surface area contributed by atoms with Gasteiger partial charge in [0.1, 0.15) is 27.7 Å². The number of nitrogens with one attached hydrogen (secondary N) is 1. The first-order valence-electron chi connectivity index (χ1n) is 13.8. The monoisotopic (exact) mass is 652 g/mol. The Morgan fingerprint density at radius 1 is 1.09 bits per heavy atom. The molecule has 0 spiro atoms. The number of amides is 2. The second kappa shape index (κ2) is 13.0. The van der Waals surface area contributed by atoms with Crippen LogP contribution in [0.15, 0.2) is 87.3 Å². The number of carbonyl (C=O) groups excluding carboxylic acids is 3. The van der Waals surface area contributed by atoms with Gasteiger partial charge in [0.25, 0.3) is 5.91 Å². The maximum atomic E-state index is 14.1. The van der Waals surface area contributed by atoms with Gasteiger partial charge in [-0.05, 0) is 62.3 Å². The lowest BCUT2D eigenvalue weighted by molar-refractivity contribution is -0.153. The summed E-state index contributed by atoms with van der Waals surface area (Å²) in [6.45, 7) is 8.81. The molecule has 1 aromatic heterocycles. The molecule has 2 aromatic carbocycles. The Bertz CT molecular complexity index is 1610. The van der Waals surface area contributed by atoms with Crippen LogP contribution in [0.4, 0.5) is 4.79 Å². The number of aromatic nitrogens is 2. The molecule has 2 aliphatic rings. The number of nitrogens with zero attached hydrogens (tertiary/aromatic N) is 3. The normalized spacial score (nSPS) is 20.2. The quantitative estimate of drug-likeness (QED) is 0.197. The molecule has 5 rings (SSSR count). The van der Waals surface area contributed by atoms with E-state index in [1.807, 2.05) is 74.5 Å². The van der Waals surface area contributed by atoms with Gasteiger partial charge in [0, 0.05) is 0 Å². The van der Waals surface area contributed by atoms with Crippen molar-refractivity contribution in [2.75, 3.05) is 5.75 Å². The third-order valence-corrected chi connectivity index (χ3v) is 10.0. The number of fused-ring (bicyclic) bond motifs is 1. The van der Waals surface area contributed by atoms with Gasteiger partial charge in [-0.15, -0.1) is 10.2 Å². The summed E-state index contributed by atoms with van der Waals surface area (Å²) in [6.07, 6.45) is 0.160. The SMILES string of the molecule is CC(=CC1=C(C(=O)OC(c2ccccc2)c2ccccc2)N2C(=O)C(NC(=O)OC(C)(C)C)C2S(=O)C1)Sc1nnc(C)s1. The van der Waals surface area contributed by atoms with Gasteiger partial charge in [-0.1, -0.05) is 83.8 Å². The van der Waals surface area contributed by atoms with Crippen molar-refractivity contribution >= 4 is 51.9 Å². The minimum absolute atomic E-state index is 0.00732. The van der Waals surface area contributed by atoms with Crippen LogP contribution >= 0.6 is 23.1 Å². The highest BCUT2D eigenvalue weighted by molar-refractivity contribution is 8.04. The van der Waals surface area contributed by atoms with Crippen molar-refractivity contribution in [3.8, 4) is 0 Å². The number of carbonyl (C=O) groups is 3. The second-order valence-electron chi connectivity index (χ2n) is 11.2. The fourth-order valence-electron chi connectivity index (χ4n) is 4.82. The molecule has 44 heavy (non-hydrogen) atoms. The Morgan fingerprint density at radius 2 is 1.70 bits per heavy atom. The number of β-lactam (4-membered cyclic amide) rings is 1. The Labute approximate surface area is 266 Å². The van der Waals surface area contributed by atoms with E-state index in [-0.39, 0.29) is 11.4 Å².